The fourth-order valence-electron chi connectivity index (χ4n) is 3.07. The van der Waals surface area contributed by atoms with Crippen LogP contribution in [0.25, 0.3) is 0 Å². The van der Waals surface area contributed by atoms with Crippen LogP contribution in [-0.2, 0) is 0 Å². The van der Waals surface area contributed by atoms with Crippen LogP contribution in [0.5, 0.6) is 0 Å². The van der Waals surface area contributed by atoms with Gasteiger partial charge in [0.1, 0.15) is 0 Å². The van der Waals surface area contributed by atoms with Crippen molar-refractivity contribution in [3.63, 3.8) is 0 Å². The van der Waals surface area contributed by atoms with E-state index in [0.29, 0.717) is 11.6 Å². The average Bonchev–Trinajstić information content (AvgIpc) is 3.02. The first-order valence-corrected chi connectivity index (χ1v) is 9.56. The summed E-state index contributed by atoms with van der Waals surface area (Å²) in [5.74, 6) is -0.842. The lowest BCUT2D eigenvalue weighted by Gasteiger charge is -2.13. The van der Waals surface area contributed by atoms with E-state index in [1.807, 2.05) is 10.8 Å². The molecule has 3 nitrogen and oxygen atoms in total. The number of carbonyl (C=O) groups is 1. The van der Waals surface area contributed by atoms with Crippen LogP contribution < -0.4 is 0 Å². The van der Waals surface area contributed by atoms with Gasteiger partial charge in [0.05, 0.1) is 5.56 Å². The van der Waals surface area contributed by atoms with Crippen LogP contribution in [0.15, 0.2) is 18.5 Å². The summed E-state index contributed by atoms with van der Waals surface area (Å²) in [7, 11) is 0. The Hall–Kier alpha value is -1.25. The Labute approximate surface area is 142 Å². The molecular weight excluding hydrogens is 286 g/mol. The first-order chi connectivity index (χ1) is 11.1. The van der Waals surface area contributed by atoms with E-state index in [-0.39, 0.29) is 0 Å². The first kappa shape index (κ1) is 19.8. The number of rotatable bonds is 14. The van der Waals surface area contributed by atoms with Crippen molar-refractivity contribution in [2.45, 2.75) is 96.9 Å². The molecule has 0 saturated carbocycles. The second-order valence-corrected chi connectivity index (χ2v) is 6.83. The molecule has 1 aromatic heterocycles. The van der Waals surface area contributed by atoms with Crippen LogP contribution in [0.2, 0.25) is 0 Å². The molecule has 1 aromatic rings. The van der Waals surface area contributed by atoms with E-state index in [4.69, 9.17) is 5.11 Å². The number of nitrogens with zero attached hydrogens (tertiary/aromatic N) is 1. The maximum absolute atomic E-state index is 10.9. The van der Waals surface area contributed by atoms with Crippen LogP contribution in [0.1, 0.15) is 107 Å². The standard InChI is InChI=1S/C20H35NO2/c1-3-4-5-6-7-8-9-10-11-12-13-14-18(2)21-16-15-19(17-21)20(22)23/h15-18H,3-14H2,1-2H3,(H,22,23). The Bertz CT molecular complexity index is 425. The molecule has 1 rings (SSSR count). The molecule has 0 radical (unpaired) electrons. The summed E-state index contributed by atoms with van der Waals surface area (Å²) in [5, 5.41) is 8.94. The summed E-state index contributed by atoms with van der Waals surface area (Å²) in [4.78, 5) is 10.9. The fourth-order valence-corrected chi connectivity index (χ4v) is 3.07. The quantitative estimate of drug-likeness (QED) is 0.400. The minimum atomic E-state index is -0.842. The summed E-state index contributed by atoms with van der Waals surface area (Å²) in [6.45, 7) is 4.43. The molecule has 23 heavy (non-hydrogen) atoms. The van der Waals surface area contributed by atoms with Gasteiger partial charge in [-0.2, -0.15) is 0 Å². The monoisotopic (exact) mass is 321 g/mol. The lowest BCUT2D eigenvalue weighted by Crippen LogP contribution is -2.03. The highest BCUT2D eigenvalue weighted by Gasteiger charge is 2.08. The topological polar surface area (TPSA) is 42.2 Å². The van der Waals surface area contributed by atoms with E-state index in [0.717, 1.165) is 6.42 Å². The molecule has 0 aliphatic carbocycles. The molecule has 1 heterocycles. The van der Waals surface area contributed by atoms with Gasteiger partial charge in [0, 0.05) is 18.4 Å². The van der Waals surface area contributed by atoms with E-state index < -0.39 is 5.97 Å². The van der Waals surface area contributed by atoms with Gasteiger partial charge in [-0.25, -0.2) is 4.79 Å². The van der Waals surface area contributed by atoms with Gasteiger partial charge in [-0.3, -0.25) is 0 Å². The predicted octanol–water partition coefficient (Wildman–Crippen LogP) is 6.45. The number of carboxylic acid groups (broad SMARTS) is 1. The number of aromatic carboxylic acids is 1. The largest absolute Gasteiger partial charge is 0.478 e. The SMILES string of the molecule is CCCCCCCCCCCCCC(C)n1ccc(C(=O)O)c1. The van der Waals surface area contributed by atoms with Gasteiger partial charge in [-0.1, -0.05) is 77.6 Å². The molecule has 0 bridgehead atoms. The Morgan fingerprint density at radius 3 is 2.00 bits per heavy atom. The number of unbranched alkanes of at least 4 members (excludes halogenated alkanes) is 10. The molecule has 1 atom stereocenters. The highest BCUT2D eigenvalue weighted by Crippen LogP contribution is 2.18. The molecule has 0 aliphatic rings. The molecule has 0 saturated heterocycles. The average molecular weight is 322 g/mol. The molecular formula is C20H35NO2. The predicted molar refractivity (Wildman–Crippen MR) is 97.2 cm³/mol. The molecule has 132 valence electrons. The molecule has 0 fully saturated rings. The Morgan fingerprint density at radius 2 is 1.52 bits per heavy atom. The molecule has 1 N–H and O–H groups in total. The molecule has 0 amide bonds. The summed E-state index contributed by atoms with van der Waals surface area (Å²) < 4.78 is 2.03. The lowest BCUT2D eigenvalue weighted by molar-refractivity contribution is 0.0697. The van der Waals surface area contributed by atoms with Crippen molar-refractivity contribution < 1.29 is 9.90 Å². The highest BCUT2D eigenvalue weighted by atomic mass is 16.4. The molecule has 0 aliphatic heterocycles. The van der Waals surface area contributed by atoms with Crippen LogP contribution in [0.3, 0.4) is 0 Å². The van der Waals surface area contributed by atoms with Gasteiger partial charge in [0.15, 0.2) is 0 Å². The summed E-state index contributed by atoms with van der Waals surface area (Å²) in [6, 6.07) is 2.07. The second kappa shape index (κ2) is 12.2. The van der Waals surface area contributed by atoms with Gasteiger partial charge in [-0.15, -0.1) is 0 Å². The minimum Gasteiger partial charge on any atom is -0.478 e. The van der Waals surface area contributed by atoms with E-state index in [1.165, 1.54) is 70.6 Å². The molecule has 3 heteroatoms. The maximum atomic E-state index is 10.9. The zero-order valence-electron chi connectivity index (χ0n) is 15.1. The zero-order chi connectivity index (χ0) is 16.9. The zero-order valence-corrected chi connectivity index (χ0v) is 15.1. The summed E-state index contributed by atoms with van der Waals surface area (Å²) >= 11 is 0. The van der Waals surface area contributed by atoms with Crippen molar-refractivity contribution in [3.05, 3.63) is 24.0 Å². The van der Waals surface area contributed by atoms with E-state index in [2.05, 4.69) is 13.8 Å². The van der Waals surface area contributed by atoms with Crippen molar-refractivity contribution in [2.24, 2.45) is 0 Å². The minimum absolute atomic E-state index is 0.385. The van der Waals surface area contributed by atoms with Gasteiger partial charge >= 0.3 is 5.97 Å². The van der Waals surface area contributed by atoms with Crippen LogP contribution >= 0.6 is 0 Å². The smallest absolute Gasteiger partial charge is 0.337 e. The Kier molecular flexibility index (Phi) is 10.5. The van der Waals surface area contributed by atoms with Crippen LogP contribution in [0.4, 0.5) is 0 Å². The molecule has 0 spiro atoms. The van der Waals surface area contributed by atoms with E-state index >= 15 is 0 Å². The first-order valence-electron chi connectivity index (χ1n) is 9.56. The maximum Gasteiger partial charge on any atom is 0.337 e. The van der Waals surface area contributed by atoms with Gasteiger partial charge in [0.2, 0.25) is 0 Å². The summed E-state index contributed by atoms with van der Waals surface area (Å²) in [6.07, 6.45) is 19.8. The van der Waals surface area contributed by atoms with Crippen LogP contribution in [-0.4, -0.2) is 15.6 Å². The van der Waals surface area contributed by atoms with Crippen molar-refractivity contribution in [1.82, 2.24) is 4.57 Å². The Morgan fingerprint density at radius 1 is 1.00 bits per heavy atom. The van der Waals surface area contributed by atoms with Crippen molar-refractivity contribution in [1.29, 1.82) is 0 Å². The van der Waals surface area contributed by atoms with Gasteiger partial charge < -0.3 is 9.67 Å². The highest BCUT2D eigenvalue weighted by molar-refractivity contribution is 5.87. The molecule has 0 aromatic carbocycles. The van der Waals surface area contributed by atoms with Crippen molar-refractivity contribution in [2.75, 3.05) is 0 Å². The van der Waals surface area contributed by atoms with Crippen molar-refractivity contribution >= 4 is 5.97 Å². The van der Waals surface area contributed by atoms with Gasteiger partial charge in [0.25, 0.3) is 0 Å². The Balaban J connectivity index is 1.97. The van der Waals surface area contributed by atoms with Crippen molar-refractivity contribution in [3.8, 4) is 0 Å². The van der Waals surface area contributed by atoms with E-state index in [9.17, 15) is 4.79 Å². The number of carboxylic acids is 1. The normalized spacial score (nSPS) is 12.4. The van der Waals surface area contributed by atoms with Gasteiger partial charge in [-0.05, 0) is 19.4 Å². The number of hydrogen-bond donors (Lipinski definition) is 1. The number of aromatic nitrogens is 1. The third-order valence-electron chi connectivity index (χ3n) is 4.70. The van der Waals surface area contributed by atoms with E-state index in [1.54, 1.807) is 12.3 Å². The third kappa shape index (κ3) is 8.83. The molecule has 1 unspecified atom stereocenters. The number of hydrogen-bond acceptors (Lipinski definition) is 1. The fraction of sp³-hybridized carbons (Fsp3) is 0.750. The second-order valence-electron chi connectivity index (χ2n) is 6.83. The lowest BCUT2D eigenvalue weighted by atomic mass is 10.0. The van der Waals surface area contributed by atoms with Crippen LogP contribution in [0, 0.1) is 0 Å². The third-order valence-corrected chi connectivity index (χ3v) is 4.70. The summed E-state index contributed by atoms with van der Waals surface area (Å²) in [5.41, 5.74) is 0.385.